The molecule has 76 valence electrons. The normalized spacial score (nSPS) is 9.86. The van der Waals surface area contributed by atoms with Gasteiger partial charge in [-0.25, -0.2) is 0 Å². The number of anilines is 1. The smallest absolute Gasteiger partial charge is 0.143 e. The van der Waals surface area contributed by atoms with Gasteiger partial charge in [0.25, 0.3) is 0 Å². The molecule has 5 nitrogen and oxygen atoms in total. The second-order valence-corrected chi connectivity index (χ2v) is 2.93. The van der Waals surface area contributed by atoms with Crippen LogP contribution in [0.2, 0.25) is 0 Å². The van der Waals surface area contributed by atoms with E-state index in [4.69, 9.17) is 16.2 Å². The fraction of sp³-hybridized carbons (Fsp3) is 0.333. The van der Waals surface area contributed by atoms with Crippen LogP contribution in [-0.4, -0.2) is 36.1 Å². The first kappa shape index (κ1) is 10.5. The Labute approximate surface area is 82.7 Å². The summed E-state index contributed by atoms with van der Waals surface area (Å²) in [5.41, 5.74) is 6.59. The minimum absolute atomic E-state index is 0.0583. The highest BCUT2D eigenvalue weighted by molar-refractivity contribution is 5.98. The molecular weight excluding hydrogens is 180 g/mol. The lowest BCUT2D eigenvalue weighted by atomic mass is 10.2. The molecule has 5 heteroatoms. The molecule has 0 amide bonds. The van der Waals surface area contributed by atoms with E-state index in [1.165, 1.54) is 0 Å². The highest BCUT2D eigenvalue weighted by atomic mass is 16.3. The summed E-state index contributed by atoms with van der Waals surface area (Å²) in [6.45, 7) is 0.550. The van der Waals surface area contributed by atoms with Crippen LogP contribution in [0.1, 0.15) is 5.69 Å². The molecule has 0 fully saturated rings. The molecule has 1 heterocycles. The molecule has 0 atom stereocenters. The Hall–Kier alpha value is -1.62. The van der Waals surface area contributed by atoms with Crippen molar-refractivity contribution in [2.45, 2.75) is 0 Å². The first-order chi connectivity index (χ1) is 6.66. The number of aliphatic hydroxyl groups excluding tert-OH is 1. The van der Waals surface area contributed by atoms with Gasteiger partial charge < -0.3 is 15.7 Å². The van der Waals surface area contributed by atoms with Crippen molar-refractivity contribution in [2.75, 3.05) is 25.1 Å². The average Bonchev–Trinajstić information content (AvgIpc) is 2.18. The van der Waals surface area contributed by atoms with E-state index in [0.717, 1.165) is 5.69 Å². The van der Waals surface area contributed by atoms with Gasteiger partial charge in [-0.05, 0) is 12.1 Å². The van der Waals surface area contributed by atoms with Crippen molar-refractivity contribution in [3.05, 3.63) is 24.0 Å². The average molecular weight is 194 g/mol. The van der Waals surface area contributed by atoms with Gasteiger partial charge in [0.05, 0.1) is 12.3 Å². The van der Waals surface area contributed by atoms with E-state index in [0.29, 0.717) is 12.2 Å². The highest BCUT2D eigenvalue weighted by Crippen LogP contribution is 2.15. The van der Waals surface area contributed by atoms with Crippen LogP contribution in [-0.2, 0) is 0 Å². The van der Waals surface area contributed by atoms with Gasteiger partial charge in [0.2, 0.25) is 0 Å². The fourth-order valence-corrected chi connectivity index (χ4v) is 1.18. The number of hydrogen-bond donors (Lipinski definition) is 3. The number of aromatic nitrogens is 1. The SMILES string of the molecule is CN(CCO)c1cccnc1C(=N)N. The number of aliphatic hydroxyl groups is 1. The fourth-order valence-electron chi connectivity index (χ4n) is 1.18. The molecule has 0 unspecified atom stereocenters. The van der Waals surface area contributed by atoms with Gasteiger partial charge in [0.1, 0.15) is 11.5 Å². The Kier molecular flexibility index (Phi) is 3.41. The van der Waals surface area contributed by atoms with Crippen LogP contribution in [0.25, 0.3) is 0 Å². The van der Waals surface area contributed by atoms with Gasteiger partial charge >= 0.3 is 0 Å². The summed E-state index contributed by atoms with van der Waals surface area (Å²) in [5, 5.41) is 16.1. The number of likely N-dealkylation sites (N-methyl/N-ethyl adjacent to an activating group) is 1. The van der Waals surface area contributed by atoms with Gasteiger partial charge in [-0.1, -0.05) is 0 Å². The number of nitrogen functional groups attached to an aromatic ring is 1. The van der Waals surface area contributed by atoms with E-state index >= 15 is 0 Å². The minimum atomic E-state index is -0.0645. The number of nitrogens with zero attached hydrogens (tertiary/aromatic N) is 2. The molecule has 0 radical (unpaired) electrons. The first-order valence-corrected chi connectivity index (χ1v) is 4.28. The summed E-state index contributed by atoms with van der Waals surface area (Å²) in [6, 6.07) is 3.59. The van der Waals surface area contributed by atoms with Gasteiger partial charge in [0, 0.05) is 19.8 Å². The third-order valence-electron chi connectivity index (χ3n) is 1.89. The molecule has 0 aliphatic heterocycles. The van der Waals surface area contributed by atoms with Crippen molar-refractivity contribution < 1.29 is 5.11 Å². The lowest BCUT2D eigenvalue weighted by Crippen LogP contribution is -2.25. The Morgan fingerprint density at radius 3 is 3.00 bits per heavy atom. The zero-order chi connectivity index (χ0) is 10.6. The lowest BCUT2D eigenvalue weighted by Gasteiger charge is -2.19. The lowest BCUT2D eigenvalue weighted by molar-refractivity contribution is 0.304. The van der Waals surface area contributed by atoms with Crippen molar-refractivity contribution in [1.82, 2.24) is 4.98 Å². The Morgan fingerprint density at radius 1 is 1.71 bits per heavy atom. The van der Waals surface area contributed by atoms with Crippen LogP contribution in [0.15, 0.2) is 18.3 Å². The van der Waals surface area contributed by atoms with E-state index < -0.39 is 0 Å². The van der Waals surface area contributed by atoms with Gasteiger partial charge in [-0.15, -0.1) is 0 Å². The summed E-state index contributed by atoms with van der Waals surface area (Å²) < 4.78 is 0. The van der Waals surface area contributed by atoms with E-state index in [1.807, 2.05) is 18.0 Å². The highest BCUT2D eigenvalue weighted by Gasteiger charge is 2.09. The summed E-state index contributed by atoms with van der Waals surface area (Å²) >= 11 is 0. The summed E-state index contributed by atoms with van der Waals surface area (Å²) in [7, 11) is 1.82. The molecule has 0 saturated carbocycles. The maximum atomic E-state index is 8.78. The maximum Gasteiger partial charge on any atom is 0.143 e. The number of pyridine rings is 1. The largest absolute Gasteiger partial charge is 0.395 e. The van der Waals surface area contributed by atoms with Crippen molar-refractivity contribution in [3.63, 3.8) is 0 Å². The number of nitrogens with two attached hydrogens (primary N) is 1. The van der Waals surface area contributed by atoms with Crippen LogP contribution < -0.4 is 10.6 Å². The molecule has 0 aromatic carbocycles. The number of rotatable bonds is 4. The van der Waals surface area contributed by atoms with E-state index in [1.54, 1.807) is 12.3 Å². The van der Waals surface area contributed by atoms with Crippen molar-refractivity contribution >= 4 is 11.5 Å². The number of amidine groups is 1. The molecule has 0 aliphatic rings. The molecule has 1 rings (SSSR count). The molecule has 1 aromatic heterocycles. The number of hydrogen-bond acceptors (Lipinski definition) is 4. The van der Waals surface area contributed by atoms with Crippen LogP contribution >= 0.6 is 0 Å². The van der Waals surface area contributed by atoms with Crippen LogP contribution in [0, 0.1) is 5.41 Å². The quantitative estimate of drug-likeness (QED) is 0.457. The zero-order valence-electron chi connectivity index (χ0n) is 8.07. The topological polar surface area (TPSA) is 86.2 Å². The summed E-state index contributed by atoms with van der Waals surface area (Å²) in [4.78, 5) is 5.82. The first-order valence-electron chi connectivity index (χ1n) is 4.28. The van der Waals surface area contributed by atoms with E-state index in [9.17, 15) is 0 Å². The monoisotopic (exact) mass is 194 g/mol. The van der Waals surface area contributed by atoms with Gasteiger partial charge in [0.15, 0.2) is 0 Å². The Balaban J connectivity index is 3.00. The Morgan fingerprint density at radius 2 is 2.43 bits per heavy atom. The van der Waals surface area contributed by atoms with Crippen molar-refractivity contribution in [1.29, 1.82) is 5.41 Å². The number of nitrogens with one attached hydrogen (secondary N) is 1. The third kappa shape index (κ3) is 2.20. The van der Waals surface area contributed by atoms with E-state index in [2.05, 4.69) is 4.98 Å². The second-order valence-electron chi connectivity index (χ2n) is 2.93. The Bertz CT molecular complexity index is 326. The maximum absolute atomic E-state index is 8.78. The minimum Gasteiger partial charge on any atom is -0.395 e. The predicted molar refractivity (Wildman–Crippen MR) is 55.6 cm³/mol. The van der Waals surface area contributed by atoms with E-state index in [-0.39, 0.29) is 12.4 Å². The van der Waals surface area contributed by atoms with Crippen molar-refractivity contribution in [2.24, 2.45) is 5.73 Å². The molecular formula is C9H14N4O. The zero-order valence-corrected chi connectivity index (χ0v) is 8.07. The summed E-state index contributed by atoms with van der Waals surface area (Å²) in [6.07, 6.45) is 1.59. The molecule has 4 N–H and O–H groups in total. The second kappa shape index (κ2) is 4.57. The standard InChI is InChI=1S/C9H14N4O/c1-13(5-6-14)7-3-2-4-12-8(7)9(10)11/h2-4,14H,5-6H2,1H3,(H3,10,11). The molecule has 0 bridgehead atoms. The van der Waals surface area contributed by atoms with Crippen LogP contribution in [0.4, 0.5) is 5.69 Å². The molecule has 0 saturated heterocycles. The predicted octanol–water partition coefficient (Wildman–Crippen LogP) is -0.206. The molecule has 0 aliphatic carbocycles. The molecule has 14 heavy (non-hydrogen) atoms. The van der Waals surface area contributed by atoms with Gasteiger partial charge in [-0.2, -0.15) is 0 Å². The van der Waals surface area contributed by atoms with Gasteiger partial charge in [-0.3, -0.25) is 10.4 Å². The van der Waals surface area contributed by atoms with Crippen molar-refractivity contribution in [3.8, 4) is 0 Å². The van der Waals surface area contributed by atoms with Crippen LogP contribution in [0.3, 0.4) is 0 Å². The molecule has 1 aromatic rings. The van der Waals surface area contributed by atoms with Crippen LogP contribution in [0.5, 0.6) is 0 Å². The summed E-state index contributed by atoms with van der Waals surface area (Å²) in [5.74, 6) is -0.0645. The molecule has 0 spiro atoms. The third-order valence-corrected chi connectivity index (χ3v) is 1.89.